The van der Waals surface area contributed by atoms with Crippen LogP contribution >= 0.6 is 11.3 Å². The number of amides is 1. The van der Waals surface area contributed by atoms with Crippen LogP contribution in [0.2, 0.25) is 0 Å². The standard InChI is InChI=1S/C18H17N3OS/c19-18(22)16-7-13-14(9-20-10-17(13)23-16)15-6-11-4-2-1-3-5-12(11)8-21-15/h6-10H,1-5H2,(H2,19,22). The Hall–Kier alpha value is -2.27. The predicted molar refractivity (Wildman–Crippen MR) is 92.6 cm³/mol. The van der Waals surface area contributed by atoms with Crippen molar-refractivity contribution in [2.75, 3.05) is 0 Å². The van der Waals surface area contributed by atoms with Crippen molar-refractivity contribution in [2.24, 2.45) is 5.73 Å². The molecule has 0 saturated carbocycles. The normalized spacial score (nSPS) is 14.4. The van der Waals surface area contributed by atoms with Crippen molar-refractivity contribution in [2.45, 2.75) is 32.1 Å². The number of primary amides is 1. The quantitative estimate of drug-likeness (QED) is 0.731. The molecular formula is C18H17N3OS. The number of hydrogen-bond acceptors (Lipinski definition) is 4. The molecule has 3 aromatic heterocycles. The molecule has 0 aliphatic heterocycles. The largest absolute Gasteiger partial charge is 0.365 e. The number of pyridine rings is 2. The lowest BCUT2D eigenvalue weighted by atomic mass is 10.0. The fourth-order valence-electron chi connectivity index (χ4n) is 3.22. The van der Waals surface area contributed by atoms with Gasteiger partial charge in [0.2, 0.25) is 0 Å². The number of nitrogens with zero attached hydrogens (tertiary/aromatic N) is 2. The van der Waals surface area contributed by atoms with Crippen LogP contribution in [0.1, 0.15) is 40.1 Å². The zero-order chi connectivity index (χ0) is 15.8. The summed E-state index contributed by atoms with van der Waals surface area (Å²) in [4.78, 5) is 21.0. The Morgan fingerprint density at radius 3 is 2.70 bits per heavy atom. The van der Waals surface area contributed by atoms with Crippen molar-refractivity contribution in [3.63, 3.8) is 0 Å². The third-order valence-corrected chi connectivity index (χ3v) is 5.52. The minimum atomic E-state index is -0.396. The summed E-state index contributed by atoms with van der Waals surface area (Å²) in [7, 11) is 0. The van der Waals surface area contributed by atoms with Crippen LogP contribution in [0, 0.1) is 0 Å². The van der Waals surface area contributed by atoms with Crippen LogP contribution < -0.4 is 5.73 Å². The monoisotopic (exact) mass is 323 g/mol. The highest BCUT2D eigenvalue weighted by Crippen LogP contribution is 2.33. The van der Waals surface area contributed by atoms with E-state index in [1.165, 1.54) is 41.7 Å². The third kappa shape index (κ3) is 2.61. The zero-order valence-electron chi connectivity index (χ0n) is 12.7. The summed E-state index contributed by atoms with van der Waals surface area (Å²) in [6.45, 7) is 0. The summed E-state index contributed by atoms with van der Waals surface area (Å²) in [5.41, 5.74) is 10.1. The maximum atomic E-state index is 11.4. The number of carbonyl (C=O) groups excluding carboxylic acids is 1. The first kappa shape index (κ1) is 14.3. The van der Waals surface area contributed by atoms with Crippen LogP contribution in [0.3, 0.4) is 0 Å². The SMILES string of the molecule is NC(=O)c1cc2c(-c3cc4c(cn3)CCCCC4)cncc2s1. The molecule has 23 heavy (non-hydrogen) atoms. The fourth-order valence-corrected chi connectivity index (χ4v) is 4.13. The van der Waals surface area contributed by atoms with Gasteiger partial charge in [0.1, 0.15) is 0 Å². The van der Waals surface area contributed by atoms with Crippen molar-refractivity contribution < 1.29 is 4.79 Å². The Kier molecular flexibility index (Phi) is 3.58. The lowest BCUT2D eigenvalue weighted by Gasteiger charge is -2.08. The number of thiophene rings is 1. The Morgan fingerprint density at radius 1 is 1.04 bits per heavy atom. The molecular weight excluding hydrogens is 306 g/mol. The van der Waals surface area contributed by atoms with Crippen molar-refractivity contribution in [1.29, 1.82) is 0 Å². The van der Waals surface area contributed by atoms with E-state index in [1.54, 1.807) is 6.20 Å². The molecule has 2 N–H and O–H groups in total. The number of nitrogens with two attached hydrogens (primary N) is 1. The topological polar surface area (TPSA) is 68.9 Å². The number of aromatic nitrogens is 2. The molecule has 0 aromatic carbocycles. The molecule has 4 nitrogen and oxygen atoms in total. The van der Waals surface area contributed by atoms with Gasteiger partial charge in [0, 0.05) is 29.5 Å². The van der Waals surface area contributed by atoms with Gasteiger partial charge in [0.25, 0.3) is 5.91 Å². The maximum Gasteiger partial charge on any atom is 0.258 e. The molecule has 0 fully saturated rings. The van der Waals surface area contributed by atoms with Crippen LogP contribution in [0.15, 0.2) is 30.7 Å². The van der Waals surface area contributed by atoms with E-state index < -0.39 is 5.91 Å². The molecule has 116 valence electrons. The molecule has 0 radical (unpaired) electrons. The number of hydrogen-bond donors (Lipinski definition) is 1. The van der Waals surface area contributed by atoms with Gasteiger partial charge in [-0.1, -0.05) is 6.42 Å². The van der Waals surface area contributed by atoms with E-state index in [2.05, 4.69) is 16.0 Å². The Bertz CT molecular complexity index is 900. The maximum absolute atomic E-state index is 11.4. The second-order valence-corrected chi connectivity index (χ2v) is 7.06. The van der Waals surface area contributed by atoms with Crippen LogP contribution in [0.5, 0.6) is 0 Å². The van der Waals surface area contributed by atoms with Crippen molar-refractivity contribution >= 4 is 27.3 Å². The minimum absolute atomic E-state index is 0.396. The van der Waals surface area contributed by atoms with Gasteiger partial charge in [-0.05, 0) is 48.9 Å². The second-order valence-electron chi connectivity index (χ2n) is 5.97. The van der Waals surface area contributed by atoms with E-state index in [4.69, 9.17) is 5.73 Å². The summed E-state index contributed by atoms with van der Waals surface area (Å²) in [5, 5.41) is 1.000. The van der Waals surface area contributed by atoms with Gasteiger partial charge in [-0.15, -0.1) is 11.3 Å². The minimum Gasteiger partial charge on any atom is -0.365 e. The van der Waals surface area contributed by atoms with Gasteiger partial charge < -0.3 is 5.73 Å². The first-order chi connectivity index (χ1) is 11.2. The molecule has 0 bridgehead atoms. The lowest BCUT2D eigenvalue weighted by molar-refractivity contribution is 0.100. The van der Waals surface area contributed by atoms with Crippen LogP contribution in [0.25, 0.3) is 21.3 Å². The van der Waals surface area contributed by atoms with E-state index in [0.29, 0.717) is 4.88 Å². The molecule has 0 spiro atoms. The Morgan fingerprint density at radius 2 is 1.87 bits per heavy atom. The van der Waals surface area contributed by atoms with Gasteiger partial charge in [0.05, 0.1) is 15.3 Å². The van der Waals surface area contributed by atoms with Gasteiger partial charge in [-0.3, -0.25) is 14.8 Å². The molecule has 3 heterocycles. The number of fused-ring (bicyclic) bond motifs is 2. The van der Waals surface area contributed by atoms with Gasteiger partial charge in [-0.2, -0.15) is 0 Å². The highest BCUT2D eigenvalue weighted by molar-refractivity contribution is 7.20. The summed E-state index contributed by atoms with van der Waals surface area (Å²) < 4.78 is 0.966. The first-order valence-corrected chi connectivity index (χ1v) is 8.69. The van der Waals surface area contributed by atoms with Crippen LogP contribution in [0.4, 0.5) is 0 Å². The number of rotatable bonds is 2. The smallest absolute Gasteiger partial charge is 0.258 e. The van der Waals surface area contributed by atoms with Gasteiger partial charge in [-0.25, -0.2) is 0 Å². The Labute approximate surface area is 138 Å². The average molecular weight is 323 g/mol. The molecule has 5 heteroatoms. The lowest BCUT2D eigenvalue weighted by Crippen LogP contribution is -2.08. The van der Waals surface area contributed by atoms with Crippen molar-refractivity contribution in [1.82, 2.24) is 9.97 Å². The Balaban J connectivity index is 1.85. The molecule has 1 aliphatic carbocycles. The summed E-state index contributed by atoms with van der Waals surface area (Å²) in [5.74, 6) is -0.396. The van der Waals surface area contributed by atoms with Crippen molar-refractivity contribution in [3.8, 4) is 11.3 Å². The van der Waals surface area contributed by atoms with E-state index in [9.17, 15) is 4.79 Å². The predicted octanol–water partition coefficient (Wildman–Crippen LogP) is 3.73. The third-order valence-electron chi connectivity index (χ3n) is 4.44. The average Bonchev–Trinajstić information content (AvgIpc) is 2.86. The van der Waals surface area contributed by atoms with E-state index >= 15 is 0 Å². The van der Waals surface area contributed by atoms with Crippen molar-refractivity contribution in [3.05, 3.63) is 46.7 Å². The van der Waals surface area contributed by atoms with E-state index in [0.717, 1.165) is 34.2 Å². The molecule has 4 rings (SSSR count). The van der Waals surface area contributed by atoms with Crippen LogP contribution in [-0.4, -0.2) is 15.9 Å². The molecule has 0 atom stereocenters. The summed E-state index contributed by atoms with van der Waals surface area (Å²) >= 11 is 1.38. The molecule has 0 unspecified atom stereocenters. The van der Waals surface area contributed by atoms with Crippen LogP contribution in [-0.2, 0) is 12.8 Å². The number of aryl methyl sites for hydroxylation is 2. The first-order valence-electron chi connectivity index (χ1n) is 7.88. The molecule has 0 saturated heterocycles. The number of carbonyl (C=O) groups is 1. The zero-order valence-corrected chi connectivity index (χ0v) is 13.5. The molecule has 1 amide bonds. The van der Waals surface area contributed by atoms with E-state index in [-0.39, 0.29) is 0 Å². The highest BCUT2D eigenvalue weighted by Gasteiger charge is 2.15. The van der Waals surface area contributed by atoms with Gasteiger partial charge >= 0.3 is 0 Å². The summed E-state index contributed by atoms with van der Waals surface area (Å²) in [6.07, 6.45) is 11.6. The molecule has 3 aromatic rings. The van der Waals surface area contributed by atoms with E-state index in [1.807, 2.05) is 18.5 Å². The summed E-state index contributed by atoms with van der Waals surface area (Å²) in [6, 6.07) is 4.05. The fraction of sp³-hybridized carbons (Fsp3) is 0.278. The molecule has 1 aliphatic rings. The van der Waals surface area contributed by atoms with Gasteiger partial charge in [0.15, 0.2) is 0 Å². The highest BCUT2D eigenvalue weighted by atomic mass is 32.1. The second kappa shape index (κ2) is 5.74.